The van der Waals surface area contributed by atoms with Crippen molar-refractivity contribution >= 4 is 63.1 Å². The molecule has 0 aromatic carbocycles. The molecule has 0 radical (unpaired) electrons. The normalized spacial score (nSPS) is 33.7. The molecule has 0 aromatic heterocycles. The molecule has 8 atom stereocenters. The molecule has 0 aromatic rings. The number of imide groups is 2. The van der Waals surface area contributed by atoms with Crippen molar-refractivity contribution in [2.75, 3.05) is 58.0 Å². The number of rotatable bonds is 16. The van der Waals surface area contributed by atoms with Crippen molar-refractivity contribution in [2.45, 2.75) is 132 Å². The summed E-state index contributed by atoms with van der Waals surface area (Å²) in [7, 11) is -3.43. The number of sulfonamides is 1. The van der Waals surface area contributed by atoms with Crippen LogP contribution in [0.25, 0.3) is 0 Å². The Labute approximate surface area is 380 Å². The van der Waals surface area contributed by atoms with Crippen molar-refractivity contribution in [1.82, 2.24) is 35.4 Å². The standard InChI is InChI=1S/C44H67N7O11S2/c1-64(59,60)50-18-16-30(22-50)38(53)45-32(39(54)48-44-46-33(25-63-44)28-6-3-2-4-7-28)24-61-23-26-10-12-29(13-11-26)41(56)49-20-27(21-49)17-19-62-35-9-5-8-31-37(35)43(58)51(42(31)57)34-14-15-36(52)47-40(34)55/h26-35,37,44,46H,2-25H2,1H3,(H,45,53)(H,48,54)(H,47,52,55)/t26?,29?,30?,31?,32-,33?,34?,35?,37?,44?/m0/s1. The third kappa shape index (κ3) is 11.0. The number of fused-ring (bicyclic) bond motifs is 1. The summed E-state index contributed by atoms with van der Waals surface area (Å²) in [5.74, 6) is -1.98. The molecule has 20 heteroatoms. The Morgan fingerprint density at radius 2 is 1.62 bits per heavy atom. The molecule has 7 amide bonds. The lowest BCUT2D eigenvalue weighted by Gasteiger charge is -2.42. The predicted octanol–water partition coefficient (Wildman–Crippen LogP) is 1.08. The smallest absolute Gasteiger partial charge is 0.249 e. The van der Waals surface area contributed by atoms with Gasteiger partial charge in [-0.05, 0) is 88.4 Å². The average Bonchev–Trinajstić information content (AvgIpc) is 4.01. The number of carbonyl (C=O) groups is 7. The molecule has 5 saturated heterocycles. The van der Waals surface area contributed by atoms with Crippen LogP contribution < -0.4 is 21.3 Å². The zero-order valence-corrected chi connectivity index (χ0v) is 38.7. The Hall–Kier alpha value is -3.17. The topological polar surface area (TPSA) is 230 Å². The van der Waals surface area contributed by atoms with E-state index in [1.807, 2.05) is 4.90 Å². The van der Waals surface area contributed by atoms with Gasteiger partial charge in [0.25, 0.3) is 0 Å². The summed E-state index contributed by atoms with van der Waals surface area (Å²) in [5, 5.41) is 11.8. The van der Waals surface area contributed by atoms with Crippen LogP contribution in [0.4, 0.5) is 0 Å². The first kappa shape index (κ1) is 47.3. The molecule has 7 unspecified atom stereocenters. The molecule has 8 aliphatic rings. The van der Waals surface area contributed by atoms with E-state index in [2.05, 4.69) is 21.3 Å². The summed E-state index contributed by atoms with van der Waals surface area (Å²) in [6.07, 6.45) is 13.3. The van der Waals surface area contributed by atoms with Crippen molar-refractivity contribution in [3.8, 4) is 0 Å². The monoisotopic (exact) mass is 933 g/mol. The van der Waals surface area contributed by atoms with Crippen molar-refractivity contribution in [1.29, 1.82) is 0 Å². The highest BCUT2D eigenvalue weighted by Gasteiger charge is 2.56. The Kier molecular flexibility index (Phi) is 15.4. The fraction of sp³-hybridized carbons (Fsp3) is 0.841. The van der Waals surface area contributed by atoms with Crippen LogP contribution >= 0.6 is 11.8 Å². The van der Waals surface area contributed by atoms with Crippen LogP contribution in [0.5, 0.6) is 0 Å². The third-order valence-corrected chi connectivity index (χ3v) is 17.7. The first-order chi connectivity index (χ1) is 30.7. The van der Waals surface area contributed by atoms with E-state index >= 15 is 0 Å². The number of amides is 7. The fourth-order valence-electron chi connectivity index (χ4n) is 11.5. The Morgan fingerprint density at radius 3 is 2.34 bits per heavy atom. The largest absolute Gasteiger partial charge is 0.378 e. The van der Waals surface area contributed by atoms with Gasteiger partial charge < -0.3 is 25.0 Å². The van der Waals surface area contributed by atoms with Crippen molar-refractivity contribution in [3.05, 3.63) is 0 Å². The second-order valence-electron chi connectivity index (χ2n) is 19.7. The molecule has 3 saturated carbocycles. The number of hydrogen-bond donors (Lipinski definition) is 4. The van der Waals surface area contributed by atoms with Gasteiger partial charge in [0.2, 0.25) is 51.4 Å². The average molecular weight is 934 g/mol. The Bertz CT molecular complexity index is 1890. The lowest BCUT2D eigenvalue weighted by atomic mass is 9.79. The van der Waals surface area contributed by atoms with Gasteiger partial charge in [0.1, 0.15) is 17.6 Å². The van der Waals surface area contributed by atoms with Crippen LogP contribution in [-0.4, -0.2) is 152 Å². The van der Waals surface area contributed by atoms with Gasteiger partial charge in [0.15, 0.2) is 0 Å². The molecule has 4 N–H and O–H groups in total. The van der Waals surface area contributed by atoms with Gasteiger partial charge in [0.05, 0.1) is 36.7 Å². The summed E-state index contributed by atoms with van der Waals surface area (Å²) in [6.45, 7) is 2.45. The molecule has 356 valence electrons. The lowest BCUT2D eigenvalue weighted by Crippen LogP contribution is -2.55. The third-order valence-electron chi connectivity index (χ3n) is 15.3. The first-order valence-electron chi connectivity index (χ1n) is 23.9. The SMILES string of the molecule is CS(=O)(=O)N1CCC(C(=O)N[C@@H](COCC2CCC(C(=O)N3CC(CCOC4CCCC5C(=O)N(C6CCC(=O)NC6=O)C(=O)C45)C3)CC2)C(=O)NC2NC(C3CCCCC3)CS2)C1. The molecular weight excluding hydrogens is 867 g/mol. The van der Waals surface area contributed by atoms with Crippen LogP contribution in [0, 0.1) is 41.4 Å². The van der Waals surface area contributed by atoms with Gasteiger partial charge in [-0.3, -0.25) is 49.1 Å². The highest BCUT2D eigenvalue weighted by atomic mass is 32.2. The van der Waals surface area contributed by atoms with Gasteiger partial charge in [-0.15, -0.1) is 11.8 Å². The number of nitrogens with zero attached hydrogens (tertiary/aromatic N) is 3. The summed E-state index contributed by atoms with van der Waals surface area (Å²) in [5.41, 5.74) is -0.267. The quantitative estimate of drug-likeness (QED) is 0.159. The van der Waals surface area contributed by atoms with Gasteiger partial charge >= 0.3 is 0 Å². The maximum atomic E-state index is 13.7. The highest BCUT2D eigenvalue weighted by molar-refractivity contribution is 8.00. The second kappa shape index (κ2) is 20.8. The van der Waals surface area contributed by atoms with Crippen LogP contribution in [0.1, 0.15) is 103 Å². The summed E-state index contributed by atoms with van der Waals surface area (Å²) >= 11 is 1.67. The fourth-order valence-corrected chi connectivity index (χ4v) is 13.6. The number of thioether (sulfide) groups is 1. The number of likely N-dealkylation sites (tertiary alicyclic amines) is 2. The van der Waals surface area contributed by atoms with Gasteiger partial charge in [-0.2, -0.15) is 0 Å². The van der Waals surface area contributed by atoms with Crippen LogP contribution in [0.2, 0.25) is 0 Å². The maximum absolute atomic E-state index is 13.7. The highest BCUT2D eigenvalue weighted by Crippen LogP contribution is 2.42. The molecular formula is C44H67N7O11S2. The first-order valence-corrected chi connectivity index (χ1v) is 26.8. The number of piperidine rings is 1. The zero-order valence-electron chi connectivity index (χ0n) is 37.0. The summed E-state index contributed by atoms with van der Waals surface area (Å²) in [6, 6.07) is -1.56. The summed E-state index contributed by atoms with van der Waals surface area (Å²) < 4.78 is 37.9. The molecule has 5 heterocycles. The van der Waals surface area contributed by atoms with E-state index in [4.69, 9.17) is 9.47 Å². The predicted molar refractivity (Wildman–Crippen MR) is 234 cm³/mol. The van der Waals surface area contributed by atoms with Crippen LogP contribution in [0.3, 0.4) is 0 Å². The molecule has 64 heavy (non-hydrogen) atoms. The second-order valence-corrected chi connectivity index (χ2v) is 22.8. The van der Waals surface area contributed by atoms with Crippen molar-refractivity contribution in [2.24, 2.45) is 41.4 Å². The van der Waals surface area contributed by atoms with E-state index in [1.165, 1.54) is 36.4 Å². The summed E-state index contributed by atoms with van der Waals surface area (Å²) in [4.78, 5) is 94.5. The lowest BCUT2D eigenvalue weighted by molar-refractivity contribution is -0.152. The van der Waals surface area contributed by atoms with Crippen LogP contribution in [0.15, 0.2) is 0 Å². The molecule has 0 spiro atoms. The van der Waals surface area contributed by atoms with E-state index < -0.39 is 57.8 Å². The maximum Gasteiger partial charge on any atom is 0.249 e. The molecule has 5 aliphatic heterocycles. The van der Waals surface area contributed by atoms with E-state index in [-0.39, 0.29) is 85.3 Å². The van der Waals surface area contributed by atoms with Gasteiger partial charge in [-0.1, -0.05) is 25.7 Å². The van der Waals surface area contributed by atoms with E-state index in [9.17, 15) is 42.0 Å². The van der Waals surface area contributed by atoms with E-state index in [1.54, 1.807) is 11.8 Å². The minimum absolute atomic E-state index is 0.0154. The van der Waals surface area contributed by atoms with Crippen molar-refractivity contribution in [3.63, 3.8) is 0 Å². The Morgan fingerprint density at radius 1 is 0.859 bits per heavy atom. The van der Waals surface area contributed by atoms with E-state index in [0.717, 1.165) is 55.4 Å². The van der Waals surface area contributed by atoms with Gasteiger partial charge in [-0.25, -0.2) is 12.7 Å². The molecule has 18 nitrogen and oxygen atoms in total. The molecule has 8 rings (SSSR count). The number of ether oxygens (including phenoxy) is 2. The Balaban J connectivity index is 0.746. The van der Waals surface area contributed by atoms with Crippen molar-refractivity contribution < 1.29 is 51.5 Å². The van der Waals surface area contributed by atoms with Crippen LogP contribution in [-0.2, 0) is 53.1 Å². The number of hydrogen-bond acceptors (Lipinski definition) is 13. The molecule has 8 fully saturated rings. The minimum Gasteiger partial charge on any atom is -0.378 e. The van der Waals surface area contributed by atoms with E-state index in [0.29, 0.717) is 57.5 Å². The van der Waals surface area contributed by atoms with Gasteiger partial charge in [0, 0.05) is 63.5 Å². The minimum atomic E-state index is -3.43. The molecule has 3 aliphatic carbocycles. The molecule has 0 bridgehead atoms. The number of carbonyl (C=O) groups excluding carboxylic acids is 7. The zero-order chi connectivity index (χ0) is 45.1. The number of nitrogens with one attached hydrogen (secondary N) is 4.